The Labute approximate surface area is 111 Å². The Hall–Kier alpha value is -1.47. The van der Waals surface area contributed by atoms with Crippen molar-refractivity contribution in [2.75, 3.05) is 5.75 Å². The summed E-state index contributed by atoms with van der Waals surface area (Å²) in [5, 5.41) is 17.0. The molecule has 0 atom stereocenters. The summed E-state index contributed by atoms with van der Waals surface area (Å²) in [6.45, 7) is 0. The summed E-state index contributed by atoms with van der Waals surface area (Å²) >= 11 is 2.67. The summed E-state index contributed by atoms with van der Waals surface area (Å²) < 4.78 is 13.7. The van der Waals surface area contributed by atoms with Gasteiger partial charge in [0.25, 0.3) is 0 Å². The van der Waals surface area contributed by atoms with Gasteiger partial charge in [0.15, 0.2) is 4.34 Å². The predicted molar refractivity (Wildman–Crippen MR) is 68.3 cm³/mol. The van der Waals surface area contributed by atoms with E-state index in [0.29, 0.717) is 20.7 Å². The highest BCUT2D eigenvalue weighted by atomic mass is 32.2. The molecule has 18 heavy (non-hydrogen) atoms. The van der Waals surface area contributed by atoms with E-state index in [1.54, 1.807) is 12.1 Å². The molecule has 0 saturated carbocycles. The van der Waals surface area contributed by atoms with Gasteiger partial charge in [0.05, 0.1) is 6.42 Å². The molecule has 0 fully saturated rings. The second kappa shape index (κ2) is 5.92. The molecule has 1 heterocycles. The van der Waals surface area contributed by atoms with Crippen molar-refractivity contribution in [1.29, 1.82) is 0 Å². The minimum absolute atomic E-state index is 0.0829. The number of nitrogens with zero attached hydrogens (tertiary/aromatic N) is 2. The van der Waals surface area contributed by atoms with Crippen LogP contribution in [0, 0.1) is 5.82 Å². The highest BCUT2D eigenvalue weighted by Crippen LogP contribution is 2.29. The molecule has 1 aromatic carbocycles. The van der Waals surface area contributed by atoms with E-state index >= 15 is 0 Å². The summed E-state index contributed by atoms with van der Waals surface area (Å²) in [5.41, 5.74) is 0.678. The number of hydrogen-bond donors (Lipinski definition) is 1. The lowest BCUT2D eigenvalue weighted by atomic mass is 10.2. The highest BCUT2D eigenvalue weighted by molar-refractivity contribution is 8.01. The van der Waals surface area contributed by atoms with Crippen molar-refractivity contribution >= 4 is 29.1 Å². The van der Waals surface area contributed by atoms with Crippen molar-refractivity contribution in [2.24, 2.45) is 0 Å². The Bertz CT molecular complexity index is 559. The Morgan fingerprint density at radius 1 is 1.44 bits per heavy atom. The highest BCUT2D eigenvalue weighted by Gasteiger charge is 2.08. The molecule has 0 amide bonds. The van der Waals surface area contributed by atoms with Crippen molar-refractivity contribution in [3.63, 3.8) is 0 Å². The van der Waals surface area contributed by atoms with Gasteiger partial charge >= 0.3 is 5.97 Å². The van der Waals surface area contributed by atoms with E-state index in [1.807, 2.05) is 0 Å². The zero-order chi connectivity index (χ0) is 13.0. The fraction of sp³-hybridized carbons (Fsp3) is 0.182. The minimum Gasteiger partial charge on any atom is -0.481 e. The number of benzene rings is 1. The first-order valence-electron chi connectivity index (χ1n) is 5.09. The molecule has 1 aromatic heterocycles. The van der Waals surface area contributed by atoms with Crippen molar-refractivity contribution in [3.05, 3.63) is 30.1 Å². The van der Waals surface area contributed by atoms with Crippen molar-refractivity contribution in [3.8, 4) is 10.6 Å². The molecule has 2 rings (SSSR count). The van der Waals surface area contributed by atoms with Crippen LogP contribution < -0.4 is 0 Å². The van der Waals surface area contributed by atoms with Gasteiger partial charge in [-0.15, -0.1) is 10.2 Å². The number of thioether (sulfide) groups is 1. The molecule has 0 aliphatic rings. The molecule has 0 aliphatic carbocycles. The monoisotopic (exact) mass is 284 g/mol. The second-order valence-electron chi connectivity index (χ2n) is 3.38. The summed E-state index contributed by atoms with van der Waals surface area (Å²) in [6.07, 6.45) is 0.0829. The standard InChI is InChI=1S/C11H9FN2O2S2/c12-8-3-1-2-7(6-8)10-13-14-11(18-10)17-5-4-9(15)16/h1-3,6H,4-5H2,(H,15,16). The molecule has 0 spiro atoms. The lowest BCUT2D eigenvalue weighted by molar-refractivity contribution is -0.136. The maximum Gasteiger partial charge on any atom is 0.304 e. The average molecular weight is 284 g/mol. The topological polar surface area (TPSA) is 63.1 Å². The fourth-order valence-corrected chi connectivity index (χ4v) is 3.08. The van der Waals surface area contributed by atoms with Gasteiger partial charge in [-0.05, 0) is 12.1 Å². The molecule has 2 aromatic rings. The van der Waals surface area contributed by atoms with Gasteiger partial charge in [-0.25, -0.2) is 4.39 Å². The molecular weight excluding hydrogens is 275 g/mol. The van der Waals surface area contributed by atoms with E-state index in [2.05, 4.69) is 10.2 Å². The summed E-state index contributed by atoms with van der Waals surface area (Å²) in [7, 11) is 0. The Kier molecular flexibility index (Phi) is 4.27. The third kappa shape index (κ3) is 3.51. The van der Waals surface area contributed by atoms with Crippen LogP contribution in [0.3, 0.4) is 0 Å². The SMILES string of the molecule is O=C(O)CCSc1nnc(-c2cccc(F)c2)s1. The molecule has 0 aliphatic heterocycles. The van der Waals surface area contributed by atoms with Crippen LogP contribution in [-0.2, 0) is 4.79 Å². The number of carboxylic acid groups (broad SMARTS) is 1. The van der Waals surface area contributed by atoms with Crippen LogP contribution in [0.15, 0.2) is 28.6 Å². The van der Waals surface area contributed by atoms with Gasteiger partial charge in [-0.1, -0.05) is 35.2 Å². The van der Waals surface area contributed by atoms with Gasteiger partial charge in [0.2, 0.25) is 0 Å². The third-order valence-electron chi connectivity index (χ3n) is 2.02. The summed E-state index contributed by atoms with van der Waals surface area (Å²) in [6, 6.07) is 6.14. The normalized spacial score (nSPS) is 10.5. The first-order chi connectivity index (χ1) is 8.65. The number of carboxylic acids is 1. The fourth-order valence-electron chi connectivity index (χ4n) is 1.23. The molecule has 0 saturated heterocycles. The Morgan fingerprint density at radius 2 is 2.28 bits per heavy atom. The van der Waals surface area contributed by atoms with E-state index < -0.39 is 5.97 Å². The van der Waals surface area contributed by atoms with E-state index in [1.165, 1.54) is 35.2 Å². The third-order valence-corrected chi connectivity index (χ3v) is 4.13. The van der Waals surface area contributed by atoms with Gasteiger partial charge in [-0.3, -0.25) is 4.79 Å². The smallest absolute Gasteiger partial charge is 0.304 e. The van der Waals surface area contributed by atoms with Gasteiger partial charge in [0.1, 0.15) is 10.8 Å². The molecule has 7 heteroatoms. The summed E-state index contributed by atoms with van der Waals surface area (Å²) in [5.74, 6) is -0.701. The van der Waals surface area contributed by atoms with E-state index in [-0.39, 0.29) is 12.2 Å². The number of halogens is 1. The molecule has 1 N–H and O–H groups in total. The van der Waals surface area contributed by atoms with Crippen molar-refractivity contribution in [2.45, 2.75) is 10.8 Å². The zero-order valence-electron chi connectivity index (χ0n) is 9.17. The number of aliphatic carboxylic acids is 1. The van der Waals surface area contributed by atoms with Crippen molar-refractivity contribution < 1.29 is 14.3 Å². The van der Waals surface area contributed by atoms with E-state index in [9.17, 15) is 9.18 Å². The van der Waals surface area contributed by atoms with Gasteiger partial charge in [0, 0.05) is 11.3 Å². The van der Waals surface area contributed by atoms with E-state index in [0.717, 1.165) is 0 Å². The van der Waals surface area contributed by atoms with E-state index in [4.69, 9.17) is 5.11 Å². The second-order valence-corrected chi connectivity index (χ2v) is 5.70. The van der Waals surface area contributed by atoms with Crippen LogP contribution in [-0.4, -0.2) is 27.0 Å². The summed E-state index contributed by atoms with van der Waals surface area (Å²) in [4.78, 5) is 10.4. The van der Waals surface area contributed by atoms with Crippen LogP contribution in [0.4, 0.5) is 4.39 Å². The van der Waals surface area contributed by atoms with Crippen LogP contribution in [0.25, 0.3) is 10.6 Å². The molecule has 0 unspecified atom stereocenters. The largest absolute Gasteiger partial charge is 0.481 e. The average Bonchev–Trinajstić information content (AvgIpc) is 2.77. The van der Waals surface area contributed by atoms with Gasteiger partial charge in [-0.2, -0.15) is 0 Å². The Balaban J connectivity index is 2.04. The molecule has 94 valence electrons. The number of aromatic nitrogens is 2. The molecule has 4 nitrogen and oxygen atoms in total. The number of hydrogen-bond acceptors (Lipinski definition) is 5. The Morgan fingerprint density at radius 3 is 3.00 bits per heavy atom. The molecular formula is C11H9FN2O2S2. The maximum atomic E-state index is 13.0. The number of rotatable bonds is 5. The first-order valence-corrected chi connectivity index (χ1v) is 6.89. The predicted octanol–water partition coefficient (Wildman–Crippen LogP) is 2.91. The van der Waals surface area contributed by atoms with Crippen LogP contribution in [0.5, 0.6) is 0 Å². The van der Waals surface area contributed by atoms with Crippen molar-refractivity contribution in [1.82, 2.24) is 10.2 Å². The molecule has 0 radical (unpaired) electrons. The lowest BCUT2D eigenvalue weighted by Crippen LogP contribution is -1.95. The lowest BCUT2D eigenvalue weighted by Gasteiger charge is -1.94. The minimum atomic E-state index is -0.836. The molecule has 0 bridgehead atoms. The van der Waals surface area contributed by atoms with Gasteiger partial charge < -0.3 is 5.11 Å². The maximum absolute atomic E-state index is 13.0. The zero-order valence-corrected chi connectivity index (χ0v) is 10.8. The quantitative estimate of drug-likeness (QED) is 0.855. The first kappa shape index (κ1) is 13.0. The number of carbonyl (C=O) groups is 1. The van der Waals surface area contributed by atoms with Crippen LogP contribution in [0.2, 0.25) is 0 Å². The van der Waals surface area contributed by atoms with Crippen LogP contribution >= 0.6 is 23.1 Å². The van der Waals surface area contributed by atoms with Crippen LogP contribution in [0.1, 0.15) is 6.42 Å².